The summed E-state index contributed by atoms with van der Waals surface area (Å²) < 4.78 is 5.13. The topological polar surface area (TPSA) is 33.5 Å². The van der Waals surface area contributed by atoms with E-state index in [0.29, 0.717) is 19.5 Å². The van der Waals surface area contributed by atoms with E-state index < -0.39 is 0 Å². The second-order valence-electron chi connectivity index (χ2n) is 5.63. The average Bonchev–Trinajstić information content (AvgIpc) is 3.20. The van der Waals surface area contributed by atoms with Gasteiger partial charge in [0, 0.05) is 17.0 Å². The number of amides is 1. The Bertz CT molecular complexity index is 711. The van der Waals surface area contributed by atoms with E-state index >= 15 is 0 Å². The van der Waals surface area contributed by atoms with Crippen LogP contribution in [0.3, 0.4) is 0 Å². The second-order valence-corrected chi connectivity index (χ2v) is 6.66. The number of nitrogens with zero attached hydrogens (tertiary/aromatic N) is 1. The molecule has 3 nitrogen and oxygen atoms in total. The third-order valence-electron chi connectivity index (χ3n) is 3.67. The number of hydrogen-bond acceptors (Lipinski definition) is 3. The average molecular weight is 325 g/mol. The maximum Gasteiger partial charge on any atom is 0.227 e. The molecule has 0 spiro atoms. The molecule has 0 atom stereocenters. The SMILES string of the molecule is Cc1cccc(CC(=O)N(Cc2ccoc2)Cc2cccs2)c1. The van der Waals surface area contributed by atoms with Crippen LogP contribution in [0.15, 0.2) is 64.8 Å². The van der Waals surface area contributed by atoms with Gasteiger partial charge in [-0.2, -0.15) is 0 Å². The molecular weight excluding hydrogens is 306 g/mol. The van der Waals surface area contributed by atoms with Crippen molar-refractivity contribution in [3.05, 3.63) is 81.9 Å². The van der Waals surface area contributed by atoms with Crippen molar-refractivity contribution in [3.8, 4) is 0 Å². The van der Waals surface area contributed by atoms with Crippen molar-refractivity contribution in [2.24, 2.45) is 0 Å². The van der Waals surface area contributed by atoms with Gasteiger partial charge in [0.05, 0.1) is 25.5 Å². The van der Waals surface area contributed by atoms with Gasteiger partial charge in [0.1, 0.15) is 0 Å². The fraction of sp³-hybridized carbons (Fsp3) is 0.211. The molecule has 118 valence electrons. The first kappa shape index (κ1) is 15.6. The maximum absolute atomic E-state index is 12.8. The fourth-order valence-electron chi connectivity index (χ4n) is 2.53. The van der Waals surface area contributed by atoms with E-state index in [-0.39, 0.29) is 5.91 Å². The zero-order valence-electron chi connectivity index (χ0n) is 13.1. The van der Waals surface area contributed by atoms with Crippen molar-refractivity contribution in [1.82, 2.24) is 4.90 Å². The molecule has 0 aliphatic rings. The summed E-state index contributed by atoms with van der Waals surface area (Å²) in [4.78, 5) is 15.9. The van der Waals surface area contributed by atoms with Crippen LogP contribution in [0.4, 0.5) is 0 Å². The Balaban J connectivity index is 1.74. The van der Waals surface area contributed by atoms with Crippen LogP contribution < -0.4 is 0 Å². The monoisotopic (exact) mass is 325 g/mol. The van der Waals surface area contributed by atoms with Crippen LogP contribution in [0, 0.1) is 6.92 Å². The fourth-order valence-corrected chi connectivity index (χ4v) is 3.25. The predicted octanol–water partition coefficient (Wildman–Crippen LogP) is 4.42. The lowest BCUT2D eigenvalue weighted by atomic mass is 10.1. The number of furan rings is 1. The minimum Gasteiger partial charge on any atom is -0.472 e. The lowest BCUT2D eigenvalue weighted by Crippen LogP contribution is -2.31. The Hall–Kier alpha value is -2.33. The molecule has 0 fully saturated rings. The molecule has 2 heterocycles. The molecule has 0 N–H and O–H groups in total. The van der Waals surface area contributed by atoms with E-state index in [1.807, 2.05) is 47.5 Å². The van der Waals surface area contributed by atoms with Crippen LogP contribution in [0.25, 0.3) is 0 Å². The molecule has 3 aromatic rings. The minimum atomic E-state index is 0.130. The summed E-state index contributed by atoms with van der Waals surface area (Å²) in [6.45, 7) is 3.25. The van der Waals surface area contributed by atoms with Gasteiger partial charge < -0.3 is 9.32 Å². The normalized spacial score (nSPS) is 10.7. The highest BCUT2D eigenvalue weighted by Crippen LogP contribution is 2.16. The Morgan fingerprint density at radius 2 is 2.04 bits per heavy atom. The first-order valence-electron chi connectivity index (χ1n) is 7.57. The first-order valence-corrected chi connectivity index (χ1v) is 8.45. The third kappa shape index (κ3) is 4.33. The van der Waals surface area contributed by atoms with Gasteiger partial charge in [0.15, 0.2) is 0 Å². The molecule has 23 heavy (non-hydrogen) atoms. The third-order valence-corrected chi connectivity index (χ3v) is 4.53. The lowest BCUT2D eigenvalue weighted by molar-refractivity contribution is -0.131. The molecule has 1 amide bonds. The number of carbonyl (C=O) groups is 1. The zero-order chi connectivity index (χ0) is 16.1. The number of hydrogen-bond donors (Lipinski definition) is 0. The van der Waals surface area contributed by atoms with Crippen LogP contribution in [0.1, 0.15) is 21.6 Å². The zero-order valence-corrected chi connectivity index (χ0v) is 13.9. The lowest BCUT2D eigenvalue weighted by Gasteiger charge is -2.22. The van der Waals surface area contributed by atoms with E-state index in [1.54, 1.807) is 23.9 Å². The van der Waals surface area contributed by atoms with E-state index in [0.717, 1.165) is 11.1 Å². The highest BCUT2D eigenvalue weighted by atomic mass is 32.1. The highest BCUT2D eigenvalue weighted by Gasteiger charge is 2.16. The molecule has 0 saturated heterocycles. The van der Waals surface area contributed by atoms with Crippen LogP contribution in [-0.2, 0) is 24.3 Å². The Morgan fingerprint density at radius 1 is 1.13 bits per heavy atom. The summed E-state index contributed by atoms with van der Waals surface area (Å²) in [5, 5.41) is 2.04. The number of aryl methyl sites for hydroxylation is 1. The summed E-state index contributed by atoms with van der Waals surface area (Å²) >= 11 is 1.67. The van der Waals surface area contributed by atoms with Crippen LogP contribution in [0.5, 0.6) is 0 Å². The minimum absolute atomic E-state index is 0.130. The molecule has 0 aliphatic carbocycles. The molecule has 2 aromatic heterocycles. The van der Waals surface area contributed by atoms with Gasteiger partial charge in [-0.15, -0.1) is 11.3 Å². The highest BCUT2D eigenvalue weighted by molar-refractivity contribution is 7.09. The maximum atomic E-state index is 12.8. The van der Waals surface area contributed by atoms with Crippen molar-refractivity contribution in [2.45, 2.75) is 26.4 Å². The van der Waals surface area contributed by atoms with E-state index in [4.69, 9.17) is 4.42 Å². The van der Waals surface area contributed by atoms with Crippen molar-refractivity contribution >= 4 is 17.2 Å². The van der Waals surface area contributed by atoms with E-state index in [2.05, 4.69) is 12.1 Å². The quantitative estimate of drug-likeness (QED) is 0.672. The molecule has 0 saturated carbocycles. The van der Waals surface area contributed by atoms with Gasteiger partial charge in [0.25, 0.3) is 0 Å². The van der Waals surface area contributed by atoms with E-state index in [1.165, 1.54) is 10.4 Å². The Labute approximate surface area is 140 Å². The summed E-state index contributed by atoms with van der Waals surface area (Å²) in [6, 6.07) is 14.1. The van der Waals surface area contributed by atoms with Crippen LogP contribution >= 0.6 is 11.3 Å². The summed E-state index contributed by atoms with van der Waals surface area (Å²) in [5.41, 5.74) is 3.24. The van der Waals surface area contributed by atoms with Gasteiger partial charge in [0.2, 0.25) is 5.91 Å². The van der Waals surface area contributed by atoms with Gasteiger partial charge in [-0.3, -0.25) is 4.79 Å². The summed E-state index contributed by atoms with van der Waals surface area (Å²) in [7, 11) is 0. The molecule has 3 rings (SSSR count). The van der Waals surface area contributed by atoms with Crippen molar-refractivity contribution in [3.63, 3.8) is 0 Å². The molecular formula is C19H19NO2S. The summed E-state index contributed by atoms with van der Waals surface area (Å²) in [5.74, 6) is 0.130. The van der Waals surface area contributed by atoms with Gasteiger partial charge in [-0.1, -0.05) is 35.9 Å². The van der Waals surface area contributed by atoms with Crippen LogP contribution in [-0.4, -0.2) is 10.8 Å². The van der Waals surface area contributed by atoms with Gasteiger partial charge in [-0.25, -0.2) is 0 Å². The standard InChI is InChI=1S/C19H19NO2S/c1-15-4-2-5-16(10-15)11-19(21)20(12-17-7-8-22-14-17)13-18-6-3-9-23-18/h2-10,14H,11-13H2,1H3. The Morgan fingerprint density at radius 3 is 2.74 bits per heavy atom. The second kappa shape index (κ2) is 7.29. The molecule has 4 heteroatoms. The van der Waals surface area contributed by atoms with Crippen molar-refractivity contribution in [2.75, 3.05) is 0 Å². The van der Waals surface area contributed by atoms with Gasteiger partial charge >= 0.3 is 0 Å². The molecule has 0 unspecified atom stereocenters. The number of benzene rings is 1. The number of thiophene rings is 1. The molecule has 0 aliphatic heterocycles. The van der Waals surface area contributed by atoms with Gasteiger partial charge in [-0.05, 0) is 30.0 Å². The van der Waals surface area contributed by atoms with Crippen molar-refractivity contribution in [1.29, 1.82) is 0 Å². The number of rotatable bonds is 6. The molecule has 1 aromatic carbocycles. The molecule has 0 radical (unpaired) electrons. The predicted molar refractivity (Wildman–Crippen MR) is 92.2 cm³/mol. The smallest absolute Gasteiger partial charge is 0.227 e. The molecule has 0 bridgehead atoms. The number of carbonyl (C=O) groups excluding carboxylic acids is 1. The summed E-state index contributed by atoms with van der Waals surface area (Å²) in [6.07, 6.45) is 3.76. The Kier molecular flexibility index (Phi) is 4.93. The van der Waals surface area contributed by atoms with E-state index in [9.17, 15) is 4.79 Å². The largest absolute Gasteiger partial charge is 0.472 e. The first-order chi connectivity index (χ1) is 11.2. The van der Waals surface area contributed by atoms with Crippen LogP contribution in [0.2, 0.25) is 0 Å². The van der Waals surface area contributed by atoms with Crippen molar-refractivity contribution < 1.29 is 9.21 Å².